The summed E-state index contributed by atoms with van der Waals surface area (Å²) in [5.74, 6) is 1.20. The van der Waals surface area contributed by atoms with E-state index in [-0.39, 0.29) is 0 Å². The lowest BCUT2D eigenvalue weighted by molar-refractivity contribution is 0.178. The van der Waals surface area contributed by atoms with Gasteiger partial charge in [-0.3, -0.25) is 0 Å². The average Bonchev–Trinajstić information content (AvgIpc) is 2.81. The summed E-state index contributed by atoms with van der Waals surface area (Å²) in [4.78, 5) is 0. The largest absolute Gasteiger partial charge is 0.489 e. The highest BCUT2D eigenvalue weighted by atomic mass is 35.5. The number of hydrogen-bond donors (Lipinski definition) is 1. The van der Waals surface area contributed by atoms with Crippen molar-refractivity contribution >= 4 is 22.9 Å². The highest BCUT2D eigenvalue weighted by Gasteiger charge is 2.19. The fourth-order valence-corrected chi connectivity index (χ4v) is 3.15. The molecule has 20 heavy (non-hydrogen) atoms. The molecular formula is C15H15ClO3S. The molecule has 1 unspecified atom stereocenters. The van der Waals surface area contributed by atoms with Crippen LogP contribution in [0.5, 0.6) is 11.5 Å². The second-order valence-electron chi connectivity index (χ2n) is 4.73. The van der Waals surface area contributed by atoms with Crippen molar-refractivity contribution in [2.75, 3.05) is 13.2 Å². The van der Waals surface area contributed by atoms with Crippen molar-refractivity contribution in [3.05, 3.63) is 45.1 Å². The molecule has 1 aliphatic rings. The molecule has 1 aliphatic heterocycles. The molecule has 1 aromatic carbocycles. The summed E-state index contributed by atoms with van der Waals surface area (Å²) in [6, 6.07) is 5.59. The van der Waals surface area contributed by atoms with Gasteiger partial charge in [0.25, 0.3) is 0 Å². The third-order valence-electron chi connectivity index (χ3n) is 3.22. The highest BCUT2D eigenvalue weighted by molar-refractivity contribution is 7.07. The molecule has 3 rings (SSSR count). The molecule has 2 aromatic rings. The zero-order valence-corrected chi connectivity index (χ0v) is 12.4. The van der Waals surface area contributed by atoms with Gasteiger partial charge in [0.2, 0.25) is 0 Å². The smallest absolute Gasteiger partial charge is 0.179 e. The van der Waals surface area contributed by atoms with Crippen LogP contribution in [0.2, 0.25) is 5.02 Å². The Labute approximate surface area is 126 Å². The van der Waals surface area contributed by atoms with Gasteiger partial charge in [0, 0.05) is 12.8 Å². The fourth-order valence-electron chi connectivity index (χ4n) is 2.19. The number of aliphatic hydroxyl groups is 1. The Morgan fingerprint density at radius 3 is 2.95 bits per heavy atom. The summed E-state index contributed by atoms with van der Waals surface area (Å²) in [6.07, 6.45) is 0.802. The maximum absolute atomic E-state index is 10.3. The van der Waals surface area contributed by atoms with Crippen LogP contribution in [-0.4, -0.2) is 18.3 Å². The number of benzene rings is 1. The van der Waals surface area contributed by atoms with E-state index in [1.54, 1.807) is 17.4 Å². The Balaban J connectivity index is 1.86. The summed E-state index contributed by atoms with van der Waals surface area (Å²) < 4.78 is 11.2. The minimum Gasteiger partial charge on any atom is -0.489 e. The van der Waals surface area contributed by atoms with Crippen LogP contribution in [-0.2, 0) is 6.42 Å². The summed E-state index contributed by atoms with van der Waals surface area (Å²) in [7, 11) is 0. The van der Waals surface area contributed by atoms with Gasteiger partial charge in [0.15, 0.2) is 11.5 Å². The van der Waals surface area contributed by atoms with Crippen LogP contribution in [0.3, 0.4) is 0 Å². The van der Waals surface area contributed by atoms with Crippen molar-refractivity contribution < 1.29 is 14.6 Å². The Bertz CT molecular complexity index is 583. The van der Waals surface area contributed by atoms with Crippen LogP contribution in [0.4, 0.5) is 0 Å². The molecule has 0 fully saturated rings. The summed E-state index contributed by atoms with van der Waals surface area (Å²) in [5.41, 5.74) is 1.87. The van der Waals surface area contributed by atoms with Crippen molar-refractivity contribution in [3.63, 3.8) is 0 Å². The lowest BCUT2D eigenvalue weighted by Crippen LogP contribution is -2.02. The maximum Gasteiger partial charge on any atom is 0.179 e. The van der Waals surface area contributed by atoms with Crippen LogP contribution in [0.25, 0.3) is 0 Å². The van der Waals surface area contributed by atoms with Crippen molar-refractivity contribution in [2.45, 2.75) is 18.9 Å². The van der Waals surface area contributed by atoms with E-state index in [9.17, 15) is 5.11 Å². The minimum atomic E-state index is -0.598. The number of fused-ring (bicyclic) bond motifs is 1. The molecule has 0 bridgehead atoms. The van der Waals surface area contributed by atoms with Gasteiger partial charge in [0.1, 0.15) is 0 Å². The topological polar surface area (TPSA) is 38.7 Å². The van der Waals surface area contributed by atoms with E-state index in [0.29, 0.717) is 36.2 Å². The zero-order chi connectivity index (χ0) is 13.9. The van der Waals surface area contributed by atoms with Crippen molar-refractivity contribution in [1.82, 2.24) is 0 Å². The molecule has 0 saturated carbocycles. The number of halogens is 1. The molecule has 0 radical (unpaired) electrons. The lowest BCUT2D eigenvalue weighted by atomic mass is 10.0. The van der Waals surface area contributed by atoms with Gasteiger partial charge < -0.3 is 14.6 Å². The minimum absolute atomic E-state index is 0.490. The Morgan fingerprint density at radius 1 is 1.30 bits per heavy atom. The molecule has 0 spiro atoms. The van der Waals surface area contributed by atoms with E-state index in [1.807, 2.05) is 22.9 Å². The van der Waals surface area contributed by atoms with Gasteiger partial charge in [0.05, 0.1) is 24.3 Å². The van der Waals surface area contributed by atoms with Crippen LogP contribution in [0.1, 0.15) is 23.7 Å². The zero-order valence-electron chi connectivity index (χ0n) is 10.8. The quantitative estimate of drug-likeness (QED) is 0.936. The fraction of sp³-hybridized carbons (Fsp3) is 0.333. The first kappa shape index (κ1) is 13.7. The van der Waals surface area contributed by atoms with Crippen LogP contribution >= 0.6 is 22.9 Å². The third kappa shape index (κ3) is 2.92. The van der Waals surface area contributed by atoms with Gasteiger partial charge in [-0.15, -0.1) is 0 Å². The van der Waals surface area contributed by atoms with E-state index >= 15 is 0 Å². The first-order chi connectivity index (χ1) is 9.74. The number of rotatable bonds is 3. The van der Waals surface area contributed by atoms with Crippen molar-refractivity contribution in [2.24, 2.45) is 0 Å². The van der Waals surface area contributed by atoms with E-state index in [4.69, 9.17) is 21.1 Å². The van der Waals surface area contributed by atoms with Crippen molar-refractivity contribution in [3.8, 4) is 11.5 Å². The molecule has 0 amide bonds. The molecule has 1 N–H and O–H groups in total. The van der Waals surface area contributed by atoms with Gasteiger partial charge in [-0.05, 0) is 40.1 Å². The standard InChI is InChI=1S/C15H15ClO3S/c16-12-7-11(13(17)6-10-2-5-20-9-10)8-14-15(12)19-4-1-3-18-14/h2,5,7-9,13,17H,1,3-4,6H2. The van der Waals surface area contributed by atoms with E-state index in [2.05, 4.69) is 0 Å². The average molecular weight is 311 g/mol. The molecule has 0 aliphatic carbocycles. The maximum atomic E-state index is 10.3. The normalized spacial score (nSPS) is 15.7. The van der Waals surface area contributed by atoms with Crippen molar-refractivity contribution in [1.29, 1.82) is 0 Å². The Hall–Kier alpha value is -1.23. The number of aliphatic hydroxyl groups excluding tert-OH is 1. The second-order valence-corrected chi connectivity index (χ2v) is 5.92. The monoisotopic (exact) mass is 310 g/mol. The molecule has 1 aromatic heterocycles. The number of hydrogen-bond acceptors (Lipinski definition) is 4. The predicted octanol–water partition coefficient (Wildman–Crippen LogP) is 3.84. The first-order valence-corrected chi connectivity index (χ1v) is 7.84. The van der Waals surface area contributed by atoms with Gasteiger partial charge >= 0.3 is 0 Å². The molecule has 106 valence electrons. The van der Waals surface area contributed by atoms with Gasteiger partial charge in [-0.2, -0.15) is 11.3 Å². The summed E-state index contributed by atoms with van der Waals surface area (Å²) in [5, 5.41) is 14.9. The van der Waals surface area contributed by atoms with Gasteiger partial charge in [-0.1, -0.05) is 11.6 Å². The molecule has 2 heterocycles. The SMILES string of the molecule is OC(Cc1ccsc1)c1cc(Cl)c2c(c1)OCCCO2. The molecule has 3 nitrogen and oxygen atoms in total. The third-order valence-corrected chi connectivity index (χ3v) is 4.23. The number of ether oxygens (including phenoxy) is 2. The van der Waals surface area contributed by atoms with Gasteiger partial charge in [-0.25, -0.2) is 0 Å². The Kier molecular flexibility index (Phi) is 4.15. The lowest BCUT2D eigenvalue weighted by Gasteiger charge is -2.15. The van der Waals surface area contributed by atoms with Crippen LogP contribution in [0.15, 0.2) is 29.0 Å². The predicted molar refractivity (Wildman–Crippen MR) is 80.0 cm³/mol. The highest BCUT2D eigenvalue weighted by Crippen LogP contribution is 2.39. The first-order valence-electron chi connectivity index (χ1n) is 6.52. The molecular weight excluding hydrogens is 296 g/mol. The Morgan fingerprint density at radius 2 is 2.15 bits per heavy atom. The summed E-state index contributed by atoms with van der Waals surface area (Å²) in [6.45, 7) is 1.21. The van der Waals surface area contributed by atoms with Crippen LogP contribution in [0, 0.1) is 0 Å². The molecule has 1 atom stereocenters. The van der Waals surface area contributed by atoms with Crippen LogP contribution < -0.4 is 9.47 Å². The van der Waals surface area contributed by atoms with E-state index < -0.39 is 6.10 Å². The number of thiophene rings is 1. The molecule has 0 saturated heterocycles. The van der Waals surface area contributed by atoms with E-state index in [1.165, 1.54) is 0 Å². The second kappa shape index (κ2) is 6.04. The van der Waals surface area contributed by atoms with E-state index in [0.717, 1.165) is 17.5 Å². The molecule has 5 heteroatoms. The summed E-state index contributed by atoms with van der Waals surface area (Å²) >= 11 is 7.86.